The largest absolute Gasteiger partial charge is 0.497 e. The van der Waals surface area contributed by atoms with Crippen molar-refractivity contribution in [2.45, 2.75) is 26.8 Å². The number of benzene rings is 2. The van der Waals surface area contributed by atoms with Gasteiger partial charge < -0.3 is 19.7 Å². The van der Waals surface area contributed by atoms with Crippen LogP contribution in [0.2, 0.25) is 0 Å². The molecule has 1 N–H and O–H groups in total. The van der Waals surface area contributed by atoms with Gasteiger partial charge in [0, 0.05) is 38.4 Å². The highest BCUT2D eigenvalue weighted by atomic mass is 32.1. The number of rotatable bonds is 8. The molecule has 0 bridgehead atoms. The van der Waals surface area contributed by atoms with E-state index in [1.54, 1.807) is 7.11 Å². The number of hydrogen-bond acceptors (Lipinski definition) is 4. The van der Waals surface area contributed by atoms with Crippen molar-refractivity contribution in [1.29, 1.82) is 0 Å². The summed E-state index contributed by atoms with van der Waals surface area (Å²) in [6.45, 7) is 10.6. The van der Waals surface area contributed by atoms with Crippen LogP contribution in [0.1, 0.15) is 23.1 Å². The zero-order valence-electron chi connectivity index (χ0n) is 18.3. The zero-order chi connectivity index (χ0) is 21.3. The summed E-state index contributed by atoms with van der Waals surface area (Å²) < 4.78 is 10.9. The Kier molecular flexibility index (Phi) is 8.49. The first-order valence-corrected chi connectivity index (χ1v) is 11.0. The van der Waals surface area contributed by atoms with Crippen LogP contribution in [0.3, 0.4) is 0 Å². The lowest BCUT2D eigenvalue weighted by Gasteiger charge is -2.30. The van der Waals surface area contributed by atoms with Gasteiger partial charge >= 0.3 is 0 Å². The van der Waals surface area contributed by atoms with Crippen LogP contribution in [-0.4, -0.2) is 61.4 Å². The molecule has 1 heterocycles. The van der Waals surface area contributed by atoms with E-state index in [1.165, 1.54) is 16.7 Å². The maximum atomic E-state index is 5.86. The highest BCUT2D eigenvalue weighted by Crippen LogP contribution is 2.21. The molecule has 0 spiro atoms. The molecule has 6 heteroatoms. The number of methoxy groups -OCH3 is 1. The van der Waals surface area contributed by atoms with E-state index in [2.05, 4.69) is 59.3 Å². The van der Waals surface area contributed by atoms with Crippen molar-refractivity contribution in [1.82, 2.24) is 9.80 Å². The molecule has 0 saturated carbocycles. The second kappa shape index (κ2) is 11.3. The fraction of sp³-hybridized carbons (Fsp3) is 0.458. The van der Waals surface area contributed by atoms with Gasteiger partial charge in [0.2, 0.25) is 0 Å². The Labute approximate surface area is 186 Å². The van der Waals surface area contributed by atoms with E-state index in [1.807, 2.05) is 12.1 Å². The third-order valence-electron chi connectivity index (χ3n) is 5.51. The number of aryl methyl sites for hydroxylation is 2. The summed E-state index contributed by atoms with van der Waals surface area (Å²) in [5.74, 6) is 0.870. The predicted octanol–water partition coefficient (Wildman–Crippen LogP) is 4.23. The molecule has 30 heavy (non-hydrogen) atoms. The van der Waals surface area contributed by atoms with E-state index in [4.69, 9.17) is 21.7 Å². The van der Waals surface area contributed by atoms with Gasteiger partial charge in [0.25, 0.3) is 0 Å². The lowest BCUT2D eigenvalue weighted by Crippen LogP contribution is -2.40. The van der Waals surface area contributed by atoms with Crippen LogP contribution in [0.4, 0.5) is 5.69 Å². The Bertz CT molecular complexity index is 817. The fourth-order valence-corrected chi connectivity index (χ4v) is 4.01. The molecule has 3 rings (SSSR count). The molecule has 2 aromatic carbocycles. The summed E-state index contributed by atoms with van der Waals surface area (Å²) in [6.07, 6.45) is 1.05. The molecule has 5 nitrogen and oxygen atoms in total. The van der Waals surface area contributed by atoms with Gasteiger partial charge in [-0.3, -0.25) is 4.90 Å². The Morgan fingerprint density at radius 3 is 2.53 bits per heavy atom. The van der Waals surface area contributed by atoms with Gasteiger partial charge in [0.05, 0.1) is 20.3 Å². The predicted molar refractivity (Wildman–Crippen MR) is 127 cm³/mol. The van der Waals surface area contributed by atoms with Crippen molar-refractivity contribution in [3.63, 3.8) is 0 Å². The summed E-state index contributed by atoms with van der Waals surface area (Å²) in [5, 5.41) is 4.27. The van der Waals surface area contributed by atoms with E-state index in [-0.39, 0.29) is 0 Å². The van der Waals surface area contributed by atoms with Crippen molar-refractivity contribution in [2.75, 3.05) is 51.8 Å². The van der Waals surface area contributed by atoms with Gasteiger partial charge in [-0.1, -0.05) is 30.3 Å². The summed E-state index contributed by atoms with van der Waals surface area (Å²) in [7, 11) is 1.70. The molecule has 162 valence electrons. The van der Waals surface area contributed by atoms with Gasteiger partial charge in [0.1, 0.15) is 5.75 Å². The van der Waals surface area contributed by atoms with Crippen molar-refractivity contribution in [3.05, 3.63) is 59.2 Å². The number of morpholine rings is 1. The summed E-state index contributed by atoms with van der Waals surface area (Å²) >= 11 is 5.86. The van der Waals surface area contributed by atoms with Crippen LogP contribution in [0.15, 0.2) is 42.5 Å². The molecule has 0 aromatic heterocycles. The van der Waals surface area contributed by atoms with Crippen LogP contribution in [0.5, 0.6) is 5.75 Å². The number of ether oxygens (including phenoxy) is 2. The topological polar surface area (TPSA) is 37.0 Å². The maximum Gasteiger partial charge on any atom is 0.173 e. The minimum Gasteiger partial charge on any atom is -0.497 e. The van der Waals surface area contributed by atoms with E-state index >= 15 is 0 Å². The van der Waals surface area contributed by atoms with E-state index in [0.717, 1.165) is 68.9 Å². The van der Waals surface area contributed by atoms with Crippen molar-refractivity contribution in [3.8, 4) is 5.75 Å². The molecule has 1 fully saturated rings. The number of para-hydroxylation sites is 1. The maximum absolute atomic E-state index is 5.86. The Morgan fingerprint density at radius 2 is 1.83 bits per heavy atom. The van der Waals surface area contributed by atoms with Crippen molar-refractivity contribution in [2.24, 2.45) is 0 Å². The minimum absolute atomic E-state index is 0.747. The zero-order valence-corrected chi connectivity index (χ0v) is 19.1. The Balaban J connectivity index is 1.69. The third kappa shape index (κ3) is 6.42. The smallest absolute Gasteiger partial charge is 0.173 e. The van der Waals surface area contributed by atoms with Crippen molar-refractivity contribution >= 4 is 23.0 Å². The molecular formula is C24H33N3O2S. The van der Waals surface area contributed by atoms with Gasteiger partial charge in [-0.25, -0.2) is 0 Å². The summed E-state index contributed by atoms with van der Waals surface area (Å²) in [4.78, 5) is 4.73. The van der Waals surface area contributed by atoms with Gasteiger partial charge in [-0.2, -0.15) is 0 Å². The molecule has 1 aliphatic rings. The van der Waals surface area contributed by atoms with Gasteiger partial charge in [-0.05, 0) is 61.3 Å². The number of nitrogens with one attached hydrogen (secondary N) is 1. The average Bonchev–Trinajstić information content (AvgIpc) is 2.76. The number of thiocarbonyl (C=S) groups is 1. The van der Waals surface area contributed by atoms with Gasteiger partial charge in [-0.15, -0.1) is 0 Å². The average molecular weight is 428 g/mol. The molecule has 0 unspecified atom stereocenters. The van der Waals surface area contributed by atoms with Gasteiger partial charge in [0.15, 0.2) is 5.11 Å². The molecule has 1 aliphatic heterocycles. The minimum atomic E-state index is 0.747. The number of nitrogens with zero attached hydrogens (tertiary/aromatic N) is 2. The van der Waals surface area contributed by atoms with E-state index < -0.39 is 0 Å². The summed E-state index contributed by atoms with van der Waals surface area (Å²) in [6, 6.07) is 14.5. The molecule has 2 aromatic rings. The van der Waals surface area contributed by atoms with Crippen molar-refractivity contribution < 1.29 is 9.47 Å². The molecule has 0 amide bonds. The van der Waals surface area contributed by atoms with Crippen LogP contribution in [0, 0.1) is 13.8 Å². The Hall–Kier alpha value is -2.15. The normalized spacial score (nSPS) is 14.4. The Morgan fingerprint density at radius 1 is 1.13 bits per heavy atom. The molecule has 1 saturated heterocycles. The monoisotopic (exact) mass is 427 g/mol. The molecular weight excluding hydrogens is 394 g/mol. The first-order valence-electron chi connectivity index (χ1n) is 10.6. The number of hydrogen-bond donors (Lipinski definition) is 1. The first kappa shape index (κ1) is 22.5. The first-order chi connectivity index (χ1) is 14.6. The van der Waals surface area contributed by atoms with E-state index in [9.17, 15) is 0 Å². The van der Waals surface area contributed by atoms with Crippen LogP contribution in [0.25, 0.3) is 0 Å². The van der Waals surface area contributed by atoms with Crippen LogP contribution >= 0.6 is 12.2 Å². The fourth-order valence-electron chi connectivity index (χ4n) is 3.75. The van der Waals surface area contributed by atoms with Crippen LogP contribution < -0.4 is 10.1 Å². The number of anilines is 1. The molecule has 0 aliphatic carbocycles. The third-order valence-corrected chi connectivity index (χ3v) is 5.87. The van der Waals surface area contributed by atoms with Crippen LogP contribution in [-0.2, 0) is 11.3 Å². The SMILES string of the molecule is COc1cccc(CN(CCCN2CCOCC2)C(=S)Nc2c(C)cccc2C)c1. The lowest BCUT2D eigenvalue weighted by molar-refractivity contribution is 0.0368. The highest BCUT2D eigenvalue weighted by molar-refractivity contribution is 7.80. The highest BCUT2D eigenvalue weighted by Gasteiger charge is 2.15. The van der Waals surface area contributed by atoms with E-state index in [0.29, 0.717) is 0 Å². The second-order valence-corrected chi connectivity index (χ2v) is 8.16. The standard InChI is InChI=1S/C24H33N3O2S/c1-19-7-4-8-20(2)23(19)25-24(30)27(12-6-11-26-13-15-29-16-14-26)18-21-9-5-10-22(17-21)28-3/h4-5,7-10,17H,6,11-16,18H2,1-3H3,(H,25,30). The lowest BCUT2D eigenvalue weighted by atomic mass is 10.1. The molecule has 0 radical (unpaired) electrons. The molecule has 0 atom stereocenters. The quantitative estimate of drug-likeness (QED) is 0.636. The summed E-state index contributed by atoms with van der Waals surface area (Å²) in [5.41, 5.74) is 4.69. The second-order valence-electron chi connectivity index (χ2n) is 7.78.